The van der Waals surface area contributed by atoms with E-state index in [0.717, 1.165) is 22.2 Å². The number of pyridine rings is 1. The second-order valence-electron chi connectivity index (χ2n) is 10.0. The molecule has 0 saturated carbocycles. The molecule has 0 amide bonds. The van der Waals surface area contributed by atoms with Gasteiger partial charge in [0.05, 0.1) is 27.8 Å². The van der Waals surface area contributed by atoms with E-state index in [-0.39, 0.29) is 34.7 Å². The van der Waals surface area contributed by atoms with Crippen molar-refractivity contribution in [3.8, 4) is 5.75 Å². The van der Waals surface area contributed by atoms with Crippen molar-refractivity contribution in [3.63, 3.8) is 0 Å². The van der Waals surface area contributed by atoms with E-state index in [1.54, 1.807) is 24.3 Å². The summed E-state index contributed by atoms with van der Waals surface area (Å²) in [6.07, 6.45) is 0.284. The number of carbonyl (C=O) groups is 1. The fourth-order valence-corrected chi connectivity index (χ4v) is 7.72. The maximum atomic E-state index is 13.2. The maximum Gasteiger partial charge on any atom is 0.311 e. The highest BCUT2D eigenvalue weighted by molar-refractivity contribution is 7.99. The van der Waals surface area contributed by atoms with Gasteiger partial charge in [-0.1, -0.05) is 78.3 Å². The van der Waals surface area contributed by atoms with Crippen molar-refractivity contribution in [1.82, 2.24) is 4.98 Å². The number of aromatic nitrogens is 1. The van der Waals surface area contributed by atoms with Crippen molar-refractivity contribution in [3.05, 3.63) is 137 Å². The van der Waals surface area contributed by atoms with Crippen LogP contribution in [0.4, 0.5) is 0 Å². The zero-order chi connectivity index (χ0) is 30.2. The molecule has 1 N–H and O–H groups in total. The molecule has 0 aliphatic rings. The monoisotopic (exact) mass is 631 g/mol. The summed E-state index contributed by atoms with van der Waals surface area (Å²) < 4.78 is 32.5. The first-order chi connectivity index (χ1) is 20.8. The summed E-state index contributed by atoms with van der Waals surface area (Å²) in [7, 11) is -3.59. The molecule has 43 heavy (non-hydrogen) atoms. The molecule has 2 unspecified atom stereocenters. The first kappa shape index (κ1) is 30.6. The minimum absolute atomic E-state index is 0.110. The predicted octanol–water partition coefficient (Wildman–Crippen LogP) is 7.97. The van der Waals surface area contributed by atoms with Gasteiger partial charge in [0, 0.05) is 21.4 Å². The molecule has 5 rings (SSSR count). The molecule has 1 heterocycles. The molecular weight excluding hydrogens is 602 g/mol. The molecule has 6 nitrogen and oxygen atoms in total. The molecule has 0 bridgehead atoms. The Bertz CT molecular complexity index is 1800. The zero-order valence-electron chi connectivity index (χ0n) is 23.2. The molecule has 0 spiro atoms. The van der Waals surface area contributed by atoms with Crippen LogP contribution in [0.3, 0.4) is 0 Å². The second kappa shape index (κ2) is 14.1. The predicted molar refractivity (Wildman–Crippen MR) is 173 cm³/mol. The van der Waals surface area contributed by atoms with Crippen molar-refractivity contribution in [2.75, 3.05) is 11.5 Å². The van der Waals surface area contributed by atoms with Gasteiger partial charge in [-0.2, -0.15) is 11.8 Å². The maximum absolute atomic E-state index is 13.2. The third-order valence-corrected chi connectivity index (χ3v) is 10.5. The summed E-state index contributed by atoms with van der Waals surface area (Å²) in [6.45, 7) is 0.270. The van der Waals surface area contributed by atoms with Crippen molar-refractivity contribution < 1.29 is 23.1 Å². The Morgan fingerprint density at radius 3 is 2.35 bits per heavy atom. The fourth-order valence-electron chi connectivity index (χ4n) is 4.73. The number of hydrogen-bond acceptors (Lipinski definition) is 6. The van der Waals surface area contributed by atoms with Crippen molar-refractivity contribution in [1.29, 1.82) is 0 Å². The van der Waals surface area contributed by atoms with E-state index in [1.165, 1.54) is 23.9 Å². The molecule has 9 heteroatoms. The second-order valence-corrected chi connectivity index (χ2v) is 13.8. The minimum atomic E-state index is -3.59. The lowest BCUT2D eigenvalue weighted by Crippen LogP contribution is -2.16. The SMILES string of the molecule is O=C(O)C(CSC(CCS(=O)(=O)c1ccc(Cl)cc1)c1cccc(OCc2ccc3ccccc3n2)c1)c1ccccc1. The van der Waals surface area contributed by atoms with Crippen LogP contribution in [-0.2, 0) is 21.2 Å². The Balaban J connectivity index is 1.35. The highest BCUT2D eigenvalue weighted by Gasteiger charge is 2.25. The first-order valence-corrected chi connectivity index (χ1v) is 16.8. The van der Waals surface area contributed by atoms with E-state index in [9.17, 15) is 18.3 Å². The lowest BCUT2D eigenvalue weighted by molar-refractivity contribution is -0.138. The van der Waals surface area contributed by atoms with Gasteiger partial charge >= 0.3 is 5.97 Å². The summed E-state index contributed by atoms with van der Waals surface area (Å²) in [5, 5.41) is 11.2. The highest BCUT2D eigenvalue weighted by Crippen LogP contribution is 2.38. The van der Waals surface area contributed by atoms with E-state index in [0.29, 0.717) is 16.3 Å². The smallest absolute Gasteiger partial charge is 0.311 e. The van der Waals surface area contributed by atoms with E-state index < -0.39 is 21.7 Å². The van der Waals surface area contributed by atoms with E-state index in [2.05, 4.69) is 4.98 Å². The Labute approximate surface area is 260 Å². The van der Waals surface area contributed by atoms with Crippen LogP contribution in [-0.4, -0.2) is 36.0 Å². The third-order valence-electron chi connectivity index (χ3n) is 7.06. The average molecular weight is 632 g/mol. The summed E-state index contributed by atoms with van der Waals surface area (Å²) >= 11 is 7.39. The van der Waals surface area contributed by atoms with Gasteiger partial charge in [-0.15, -0.1) is 0 Å². The quantitative estimate of drug-likeness (QED) is 0.141. The number of ether oxygens (including phenoxy) is 1. The number of nitrogens with zero attached hydrogens (tertiary/aromatic N) is 1. The molecule has 0 fully saturated rings. The van der Waals surface area contributed by atoms with Gasteiger partial charge in [0.2, 0.25) is 0 Å². The molecule has 5 aromatic rings. The van der Waals surface area contributed by atoms with Crippen molar-refractivity contribution in [2.24, 2.45) is 0 Å². The number of carboxylic acid groups (broad SMARTS) is 1. The average Bonchev–Trinajstić information content (AvgIpc) is 3.02. The van der Waals surface area contributed by atoms with Crippen molar-refractivity contribution >= 4 is 50.1 Å². The lowest BCUT2D eigenvalue weighted by atomic mass is 10.0. The molecule has 0 saturated heterocycles. The topological polar surface area (TPSA) is 93.6 Å². The molecule has 4 aromatic carbocycles. The summed E-state index contributed by atoms with van der Waals surface area (Å²) in [5.74, 6) is -0.874. The van der Waals surface area contributed by atoms with Crippen LogP contribution < -0.4 is 4.74 Å². The minimum Gasteiger partial charge on any atom is -0.487 e. The number of aliphatic carboxylic acids is 1. The van der Waals surface area contributed by atoms with Gasteiger partial charge in [-0.25, -0.2) is 13.4 Å². The number of para-hydroxylation sites is 1. The lowest BCUT2D eigenvalue weighted by Gasteiger charge is -2.21. The van der Waals surface area contributed by atoms with Gasteiger partial charge in [0.1, 0.15) is 12.4 Å². The fraction of sp³-hybridized carbons (Fsp3) is 0.176. The number of hydrogen-bond donors (Lipinski definition) is 1. The van der Waals surface area contributed by atoms with Gasteiger partial charge in [-0.3, -0.25) is 4.79 Å². The summed E-state index contributed by atoms with van der Waals surface area (Å²) in [6, 6.07) is 34.6. The third kappa shape index (κ3) is 8.16. The Kier molecular flexibility index (Phi) is 10.0. The van der Waals surface area contributed by atoms with Crippen LogP contribution in [0.5, 0.6) is 5.75 Å². The van der Waals surface area contributed by atoms with Crippen molar-refractivity contribution in [2.45, 2.75) is 29.1 Å². The molecule has 220 valence electrons. The number of benzene rings is 4. The zero-order valence-corrected chi connectivity index (χ0v) is 25.6. The van der Waals surface area contributed by atoms with Gasteiger partial charge < -0.3 is 9.84 Å². The van der Waals surface area contributed by atoms with E-state index >= 15 is 0 Å². The summed E-state index contributed by atoms with van der Waals surface area (Å²) in [5.41, 5.74) is 3.24. The first-order valence-electron chi connectivity index (χ1n) is 13.7. The van der Waals surface area contributed by atoms with Crippen LogP contribution in [0.25, 0.3) is 10.9 Å². The molecule has 2 atom stereocenters. The Morgan fingerprint density at radius 2 is 1.58 bits per heavy atom. The number of halogens is 1. The van der Waals surface area contributed by atoms with Gasteiger partial charge in [0.25, 0.3) is 0 Å². The standard InChI is InChI=1S/C34H30ClNO5S2/c35-27-14-17-30(18-15-27)43(39,40)20-19-33(42-23-31(34(37)38)24-7-2-1-3-8-24)26-10-6-11-29(21-26)41-22-28-16-13-25-9-4-5-12-32(25)36-28/h1-18,21,31,33H,19-20,22-23H2,(H,37,38). The van der Waals surface area contributed by atoms with Crippen LogP contribution in [0, 0.1) is 0 Å². The van der Waals surface area contributed by atoms with Gasteiger partial charge in [-0.05, 0) is 66.1 Å². The van der Waals surface area contributed by atoms with E-state index in [4.69, 9.17) is 16.3 Å². The number of sulfone groups is 1. The molecular formula is C34H30ClNO5S2. The normalized spacial score (nSPS) is 13.0. The van der Waals surface area contributed by atoms with E-state index in [1.807, 2.05) is 78.9 Å². The van der Waals surface area contributed by atoms with Crippen LogP contribution in [0.1, 0.15) is 34.4 Å². The molecule has 0 aliphatic carbocycles. The number of carboxylic acids is 1. The van der Waals surface area contributed by atoms with Crippen LogP contribution in [0.2, 0.25) is 5.02 Å². The molecule has 1 aromatic heterocycles. The van der Waals surface area contributed by atoms with Crippen LogP contribution >= 0.6 is 23.4 Å². The van der Waals surface area contributed by atoms with Gasteiger partial charge in [0.15, 0.2) is 9.84 Å². The Hall–Kier alpha value is -3.85. The number of rotatable bonds is 13. The summed E-state index contributed by atoms with van der Waals surface area (Å²) in [4.78, 5) is 17.1. The van der Waals surface area contributed by atoms with Crippen LogP contribution in [0.15, 0.2) is 120 Å². The largest absolute Gasteiger partial charge is 0.487 e. The number of fused-ring (bicyclic) bond motifs is 1. The Morgan fingerprint density at radius 1 is 0.860 bits per heavy atom. The number of thioether (sulfide) groups is 1. The molecule has 0 radical (unpaired) electrons. The molecule has 0 aliphatic heterocycles. The highest BCUT2D eigenvalue weighted by atomic mass is 35.5.